The van der Waals surface area contributed by atoms with E-state index in [9.17, 15) is 0 Å². The summed E-state index contributed by atoms with van der Waals surface area (Å²) in [4.78, 5) is 8.69. The van der Waals surface area contributed by atoms with Gasteiger partial charge in [-0.1, -0.05) is 49.7 Å². The molecule has 23 heavy (non-hydrogen) atoms. The lowest BCUT2D eigenvalue weighted by molar-refractivity contribution is 0.734. The molecule has 3 aromatic rings. The van der Waals surface area contributed by atoms with Crippen LogP contribution in [0.4, 0.5) is 10.8 Å². The van der Waals surface area contributed by atoms with Gasteiger partial charge in [-0.25, -0.2) is 9.97 Å². The second-order valence-electron chi connectivity index (χ2n) is 5.46. The smallest absolute Gasteiger partial charge is 0.187 e. The molecule has 2 aromatic heterocycles. The fourth-order valence-corrected chi connectivity index (χ4v) is 3.11. The van der Waals surface area contributed by atoms with Crippen molar-refractivity contribution in [2.45, 2.75) is 26.2 Å². The lowest BCUT2D eigenvalue weighted by Crippen LogP contribution is -1.91. The molecule has 3 rings (SSSR count). The van der Waals surface area contributed by atoms with Crippen LogP contribution in [-0.4, -0.2) is 9.97 Å². The zero-order valence-electron chi connectivity index (χ0n) is 13.1. The number of nitrogens with zero attached hydrogens (tertiary/aromatic N) is 2. The number of halogens is 1. The van der Waals surface area contributed by atoms with Crippen LogP contribution >= 0.6 is 22.9 Å². The summed E-state index contributed by atoms with van der Waals surface area (Å²) < 4.78 is 0. The molecule has 0 saturated heterocycles. The molecule has 0 amide bonds. The van der Waals surface area contributed by atoms with Gasteiger partial charge in [0.15, 0.2) is 5.13 Å². The molecular formula is C18H18ClN3S. The Morgan fingerprint density at radius 3 is 2.61 bits per heavy atom. The molecule has 0 spiro atoms. The third-order valence-electron chi connectivity index (χ3n) is 3.87. The van der Waals surface area contributed by atoms with E-state index in [0.717, 1.165) is 28.5 Å². The third-order valence-corrected chi connectivity index (χ3v) is 4.85. The van der Waals surface area contributed by atoms with E-state index in [-0.39, 0.29) is 0 Å². The number of hydrogen-bond donors (Lipinski definition) is 1. The van der Waals surface area contributed by atoms with Crippen molar-refractivity contribution in [3.8, 4) is 11.3 Å². The molecule has 1 unspecified atom stereocenters. The van der Waals surface area contributed by atoms with Crippen LogP contribution in [0.25, 0.3) is 11.3 Å². The van der Waals surface area contributed by atoms with Crippen LogP contribution in [0.15, 0.2) is 48.0 Å². The van der Waals surface area contributed by atoms with Gasteiger partial charge in [-0.2, -0.15) is 0 Å². The molecule has 0 aliphatic rings. The first-order chi connectivity index (χ1) is 11.2. The summed E-state index contributed by atoms with van der Waals surface area (Å²) >= 11 is 7.37. The van der Waals surface area contributed by atoms with Gasteiger partial charge in [-0.15, -0.1) is 11.3 Å². The van der Waals surface area contributed by atoms with Gasteiger partial charge in [0.25, 0.3) is 0 Å². The quantitative estimate of drug-likeness (QED) is 0.567. The molecule has 0 saturated carbocycles. The van der Waals surface area contributed by atoms with E-state index in [4.69, 9.17) is 11.6 Å². The molecule has 3 nitrogen and oxygen atoms in total. The summed E-state index contributed by atoms with van der Waals surface area (Å²) in [6.07, 6.45) is 2.85. The Hall–Kier alpha value is -1.91. The Kier molecular flexibility index (Phi) is 4.94. The summed E-state index contributed by atoms with van der Waals surface area (Å²) in [5.74, 6) is 0.592. The number of nitrogens with one attached hydrogen (secondary N) is 1. The molecule has 0 radical (unpaired) electrons. The number of rotatable bonds is 5. The molecule has 0 aliphatic heterocycles. The minimum atomic E-state index is 0.483. The Balaban J connectivity index is 1.75. The number of anilines is 2. The number of thiazole rings is 1. The van der Waals surface area contributed by atoms with E-state index in [0.29, 0.717) is 11.1 Å². The monoisotopic (exact) mass is 343 g/mol. The van der Waals surface area contributed by atoms with Crippen molar-refractivity contribution in [3.63, 3.8) is 0 Å². The van der Waals surface area contributed by atoms with Crippen LogP contribution in [0.5, 0.6) is 0 Å². The van der Waals surface area contributed by atoms with E-state index in [2.05, 4.69) is 58.8 Å². The van der Waals surface area contributed by atoms with Gasteiger partial charge in [0, 0.05) is 10.9 Å². The third kappa shape index (κ3) is 3.89. The van der Waals surface area contributed by atoms with Gasteiger partial charge < -0.3 is 5.32 Å². The first-order valence-corrected chi connectivity index (χ1v) is 8.86. The van der Waals surface area contributed by atoms with Crippen LogP contribution < -0.4 is 5.32 Å². The van der Waals surface area contributed by atoms with E-state index in [1.807, 2.05) is 6.07 Å². The van der Waals surface area contributed by atoms with E-state index in [1.165, 1.54) is 5.56 Å². The van der Waals surface area contributed by atoms with Crippen molar-refractivity contribution in [1.29, 1.82) is 0 Å². The topological polar surface area (TPSA) is 37.8 Å². The normalized spacial score (nSPS) is 12.1. The van der Waals surface area contributed by atoms with Crippen molar-refractivity contribution in [2.24, 2.45) is 0 Å². The molecule has 0 aliphatic carbocycles. The summed E-state index contributed by atoms with van der Waals surface area (Å²) in [7, 11) is 0. The first kappa shape index (κ1) is 16.0. The molecule has 0 fully saturated rings. The molecule has 1 aromatic carbocycles. The molecule has 2 heterocycles. The van der Waals surface area contributed by atoms with Gasteiger partial charge in [-0.3, -0.25) is 0 Å². The highest BCUT2D eigenvalue weighted by Gasteiger charge is 2.07. The van der Waals surface area contributed by atoms with Crippen molar-refractivity contribution >= 4 is 33.8 Å². The van der Waals surface area contributed by atoms with Crippen LogP contribution in [0.3, 0.4) is 0 Å². The SMILES string of the molecule is CCC(C)c1ccc(-c2csc(Nc3ccc(Cl)nc3)n2)cc1. The zero-order valence-corrected chi connectivity index (χ0v) is 14.7. The molecule has 1 atom stereocenters. The van der Waals surface area contributed by atoms with Crippen LogP contribution in [0.2, 0.25) is 5.15 Å². The fraction of sp³-hybridized carbons (Fsp3) is 0.222. The molecular weight excluding hydrogens is 326 g/mol. The van der Waals surface area contributed by atoms with Gasteiger partial charge >= 0.3 is 0 Å². The van der Waals surface area contributed by atoms with E-state index >= 15 is 0 Å². The predicted octanol–water partition coefficient (Wildman–Crippen LogP) is 6.12. The number of benzene rings is 1. The van der Waals surface area contributed by atoms with Gasteiger partial charge in [0.2, 0.25) is 0 Å². The maximum absolute atomic E-state index is 5.79. The highest BCUT2D eigenvalue weighted by molar-refractivity contribution is 7.14. The lowest BCUT2D eigenvalue weighted by Gasteiger charge is -2.08. The highest BCUT2D eigenvalue weighted by Crippen LogP contribution is 2.28. The summed E-state index contributed by atoms with van der Waals surface area (Å²) in [5, 5.41) is 6.63. The average Bonchev–Trinajstić information content (AvgIpc) is 3.05. The summed E-state index contributed by atoms with van der Waals surface area (Å²) in [6, 6.07) is 12.3. The Morgan fingerprint density at radius 2 is 1.96 bits per heavy atom. The van der Waals surface area contributed by atoms with Crippen LogP contribution in [0.1, 0.15) is 31.7 Å². The maximum Gasteiger partial charge on any atom is 0.187 e. The summed E-state index contributed by atoms with van der Waals surface area (Å²) in [5.41, 5.74) is 4.37. The van der Waals surface area contributed by atoms with Gasteiger partial charge in [0.05, 0.1) is 17.6 Å². The van der Waals surface area contributed by atoms with Crippen LogP contribution in [0, 0.1) is 0 Å². The predicted molar refractivity (Wildman–Crippen MR) is 98.8 cm³/mol. The van der Waals surface area contributed by atoms with Crippen molar-refractivity contribution in [3.05, 3.63) is 58.7 Å². The largest absolute Gasteiger partial charge is 0.330 e. The molecule has 1 N–H and O–H groups in total. The molecule has 0 bridgehead atoms. The summed E-state index contributed by atoms with van der Waals surface area (Å²) in [6.45, 7) is 4.46. The Morgan fingerprint density at radius 1 is 1.17 bits per heavy atom. The number of hydrogen-bond acceptors (Lipinski definition) is 4. The fourth-order valence-electron chi connectivity index (χ4n) is 2.26. The highest BCUT2D eigenvalue weighted by atomic mass is 35.5. The number of aromatic nitrogens is 2. The van der Waals surface area contributed by atoms with Gasteiger partial charge in [0.1, 0.15) is 5.15 Å². The minimum absolute atomic E-state index is 0.483. The average molecular weight is 344 g/mol. The standard InChI is InChI=1S/C18H18ClN3S/c1-3-12(2)13-4-6-14(7-5-13)16-11-23-18(22-16)21-15-8-9-17(19)20-10-15/h4-12H,3H2,1-2H3,(H,21,22). The molecule has 5 heteroatoms. The number of pyridine rings is 1. The lowest BCUT2D eigenvalue weighted by atomic mass is 9.97. The van der Waals surface area contributed by atoms with Crippen molar-refractivity contribution < 1.29 is 0 Å². The maximum atomic E-state index is 5.79. The van der Waals surface area contributed by atoms with Crippen molar-refractivity contribution in [1.82, 2.24) is 9.97 Å². The van der Waals surface area contributed by atoms with E-state index in [1.54, 1.807) is 23.6 Å². The Labute approximate surface area is 145 Å². The Bertz CT molecular complexity index is 766. The minimum Gasteiger partial charge on any atom is -0.330 e. The second-order valence-corrected chi connectivity index (χ2v) is 6.71. The first-order valence-electron chi connectivity index (χ1n) is 7.60. The zero-order chi connectivity index (χ0) is 16.2. The second kappa shape index (κ2) is 7.11. The van der Waals surface area contributed by atoms with Gasteiger partial charge in [-0.05, 0) is 30.0 Å². The molecule has 118 valence electrons. The van der Waals surface area contributed by atoms with Crippen LogP contribution in [-0.2, 0) is 0 Å². The van der Waals surface area contributed by atoms with E-state index < -0.39 is 0 Å². The van der Waals surface area contributed by atoms with Crippen molar-refractivity contribution in [2.75, 3.05) is 5.32 Å².